The lowest BCUT2D eigenvalue weighted by Gasteiger charge is -2.26. The maximum atomic E-state index is 13.8. The number of hydrogen-bond donors (Lipinski definition) is 0. The Balaban J connectivity index is 1.96. The van der Waals surface area contributed by atoms with Crippen molar-refractivity contribution in [3.63, 3.8) is 0 Å². The highest BCUT2D eigenvalue weighted by Crippen LogP contribution is 2.36. The van der Waals surface area contributed by atoms with Gasteiger partial charge in [0.25, 0.3) is 5.56 Å². The second-order valence-corrected chi connectivity index (χ2v) is 8.90. The molecular formula is C27H28N2O6S. The summed E-state index contributed by atoms with van der Waals surface area (Å²) in [5, 5.41) is 0. The third-order valence-electron chi connectivity index (χ3n) is 5.74. The Morgan fingerprint density at radius 3 is 2.50 bits per heavy atom. The Morgan fingerprint density at radius 2 is 1.81 bits per heavy atom. The molecule has 2 heterocycles. The average molecular weight is 509 g/mol. The van der Waals surface area contributed by atoms with E-state index >= 15 is 0 Å². The zero-order valence-electron chi connectivity index (χ0n) is 20.9. The Morgan fingerprint density at radius 1 is 1.06 bits per heavy atom. The van der Waals surface area contributed by atoms with E-state index in [4.69, 9.17) is 18.9 Å². The van der Waals surface area contributed by atoms with Crippen LogP contribution in [0.5, 0.6) is 17.2 Å². The van der Waals surface area contributed by atoms with Gasteiger partial charge in [0, 0.05) is 5.56 Å². The SMILES string of the molecule is CCOC(=O)C1=C(C)N=c2s/c(=C\c3ccc(OC)c(OC)c3)c(=O)n2[C@@H]1c1ccccc1OCC. The van der Waals surface area contributed by atoms with Crippen molar-refractivity contribution in [1.29, 1.82) is 0 Å². The fourth-order valence-corrected chi connectivity index (χ4v) is 5.22. The Bertz CT molecular complexity index is 1500. The number of fused-ring (bicyclic) bond motifs is 1. The fraction of sp³-hybridized carbons (Fsp3) is 0.296. The van der Waals surface area contributed by atoms with Gasteiger partial charge in [-0.05, 0) is 50.6 Å². The van der Waals surface area contributed by atoms with E-state index in [2.05, 4.69) is 4.99 Å². The minimum atomic E-state index is -0.740. The van der Waals surface area contributed by atoms with Crippen LogP contribution in [-0.2, 0) is 9.53 Å². The van der Waals surface area contributed by atoms with Crippen molar-refractivity contribution in [2.45, 2.75) is 26.8 Å². The molecule has 2 aromatic carbocycles. The molecule has 0 saturated heterocycles. The number of aromatic nitrogens is 1. The summed E-state index contributed by atoms with van der Waals surface area (Å²) in [4.78, 5) is 32.0. The minimum Gasteiger partial charge on any atom is -0.494 e. The molecule has 9 heteroatoms. The lowest BCUT2D eigenvalue weighted by atomic mass is 9.95. The summed E-state index contributed by atoms with van der Waals surface area (Å²) >= 11 is 1.26. The molecule has 0 aliphatic carbocycles. The Hall–Kier alpha value is -3.85. The van der Waals surface area contributed by atoms with Crippen LogP contribution in [0.15, 0.2) is 63.5 Å². The summed E-state index contributed by atoms with van der Waals surface area (Å²) in [6.45, 7) is 6.04. The van der Waals surface area contributed by atoms with Gasteiger partial charge in [0.05, 0.1) is 43.2 Å². The smallest absolute Gasteiger partial charge is 0.338 e. The maximum absolute atomic E-state index is 13.8. The van der Waals surface area contributed by atoms with Gasteiger partial charge < -0.3 is 18.9 Å². The molecule has 1 atom stereocenters. The fourth-order valence-electron chi connectivity index (χ4n) is 4.17. The molecule has 1 aliphatic heterocycles. The van der Waals surface area contributed by atoms with E-state index in [0.717, 1.165) is 5.56 Å². The predicted molar refractivity (Wildman–Crippen MR) is 138 cm³/mol. The molecule has 4 rings (SSSR count). The van der Waals surface area contributed by atoms with Crippen molar-refractivity contribution in [3.8, 4) is 17.2 Å². The van der Waals surface area contributed by atoms with Gasteiger partial charge in [0.1, 0.15) is 11.8 Å². The van der Waals surface area contributed by atoms with Gasteiger partial charge in [0.15, 0.2) is 16.3 Å². The predicted octanol–water partition coefficient (Wildman–Crippen LogP) is 3.21. The number of ether oxygens (including phenoxy) is 4. The molecule has 8 nitrogen and oxygen atoms in total. The van der Waals surface area contributed by atoms with E-state index < -0.39 is 12.0 Å². The zero-order chi connectivity index (χ0) is 25.8. The third kappa shape index (κ3) is 4.66. The lowest BCUT2D eigenvalue weighted by molar-refractivity contribution is -0.139. The van der Waals surface area contributed by atoms with E-state index in [-0.39, 0.29) is 12.2 Å². The van der Waals surface area contributed by atoms with Crippen LogP contribution in [0.2, 0.25) is 0 Å². The number of esters is 1. The molecule has 0 fully saturated rings. The van der Waals surface area contributed by atoms with Crippen LogP contribution in [-0.4, -0.2) is 38.0 Å². The monoisotopic (exact) mass is 508 g/mol. The normalized spacial score (nSPS) is 15.2. The first-order chi connectivity index (χ1) is 17.4. The van der Waals surface area contributed by atoms with E-state index in [1.54, 1.807) is 50.8 Å². The molecule has 36 heavy (non-hydrogen) atoms. The molecule has 0 unspecified atom stereocenters. The molecule has 0 N–H and O–H groups in total. The van der Waals surface area contributed by atoms with Crippen molar-refractivity contribution >= 4 is 23.4 Å². The zero-order valence-corrected chi connectivity index (χ0v) is 21.7. The van der Waals surface area contributed by atoms with Gasteiger partial charge in [-0.25, -0.2) is 9.79 Å². The van der Waals surface area contributed by atoms with Crippen molar-refractivity contribution in [2.24, 2.45) is 4.99 Å². The number of hydrogen-bond acceptors (Lipinski definition) is 8. The molecular weight excluding hydrogens is 480 g/mol. The van der Waals surface area contributed by atoms with Crippen LogP contribution in [0, 0.1) is 0 Å². The lowest BCUT2D eigenvalue weighted by Crippen LogP contribution is -2.40. The molecule has 3 aromatic rings. The van der Waals surface area contributed by atoms with Gasteiger partial charge >= 0.3 is 5.97 Å². The molecule has 0 saturated carbocycles. The van der Waals surface area contributed by atoms with E-state index in [9.17, 15) is 9.59 Å². The number of carbonyl (C=O) groups excluding carboxylic acids is 1. The maximum Gasteiger partial charge on any atom is 0.338 e. The van der Waals surface area contributed by atoms with Crippen LogP contribution in [0.4, 0.5) is 0 Å². The van der Waals surface area contributed by atoms with Crippen LogP contribution in [0.25, 0.3) is 6.08 Å². The number of rotatable bonds is 8. The number of benzene rings is 2. The highest BCUT2D eigenvalue weighted by molar-refractivity contribution is 7.07. The van der Waals surface area contributed by atoms with Gasteiger partial charge in [-0.2, -0.15) is 0 Å². The summed E-state index contributed by atoms with van der Waals surface area (Å²) in [7, 11) is 3.13. The van der Waals surface area contributed by atoms with Crippen molar-refractivity contribution in [3.05, 3.63) is 84.5 Å². The first-order valence-corrected chi connectivity index (χ1v) is 12.4. The molecule has 0 bridgehead atoms. The topological polar surface area (TPSA) is 88.4 Å². The summed E-state index contributed by atoms with van der Waals surface area (Å²) in [5.41, 5.74) is 2.01. The number of nitrogens with zero attached hydrogens (tertiary/aromatic N) is 2. The minimum absolute atomic E-state index is 0.208. The van der Waals surface area contributed by atoms with Crippen molar-refractivity contribution in [2.75, 3.05) is 27.4 Å². The number of methoxy groups -OCH3 is 2. The first kappa shape index (κ1) is 25.2. The Kier molecular flexibility index (Phi) is 7.59. The van der Waals surface area contributed by atoms with Crippen LogP contribution in [0.1, 0.15) is 37.9 Å². The molecule has 0 amide bonds. The summed E-state index contributed by atoms with van der Waals surface area (Å²) in [6.07, 6.45) is 1.78. The largest absolute Gasteiger partial charge is 0.494 e. The number of thiazole rings is 1. The average Bonchev–Trinajstić information content (AvgIpc) is 3.18. The summed E-state index contributed by atoms with van der Waals surface area (Å²) < 4.78 is 24.0. The molecule has 0 radical (unpaired) electrons. The van der Waals surface area contributed by atoms with Gasteiger partial charge in [-0.3, -0.25) is 9.36 Å². The highest BCUT2D eigenvalue weighted by Gasteiger charge is 2.35. The van der Waals surface area contributed by atoms with Crippen molar-refractivity contribution in [1.82, 2.24) is 4.57 Å². The van der Waals surface area contributed by atoms with Gasteiger partial charge in [0.2, 0.25) is 0 Å². The number of allylic oxidation sites excluding steroid dienone is 1. The second-order valence-electron chi connectivity index (χ2n) is 7.89. The van der Waals surface area contributed by atoms with Crippen LogP contribution < -0.4 is 29.1 Å². The molecule has 1 aliphatic rings. The second kappa shape index (κ2) is 10.8. The third-order valence-corrected chi connectivity index (χ3v) is 6.72. The van der Waals surface area contributed by atoms with E-state index in [0.29, 0.717) is 50.0 Å². The van der Waals surface area contributed by atoms with Crippen LogP contribution in [0.3, 0.4) is 0 Å². The quantitative estimate of drug-likeness (QED) is 0.434. The highest BCUT2D eigenvalue weighted by atomic mass is 32.1. The molecule has 1 aromatic heterocycles. The number of carbonyl (C=O) groups is 1. The van der Waals surface area contributed by atoms with E-state index in [1.165, 1.54) is 11.3 Å². The van der Waals surface area contributed by atoms with Crippen molar-refractivity contribution < 1.29 is 23.7 Å². The summed E-state index contributed by atoms with van der Waals surface area (Å²) in [6, 6.07) is 12.1. The molecule has 0 spiro atoms. The van der Waals surface area contributed by atoms with Gasteiger partial charge in [-0.1, -0.05) is 35.6 Å². The number of para-hydroxylation sites is 1. The molecule has 188 valence electrons. The standard InChI is InChI=1S/C27H28N2O6S/c1-6-34-19-11-9-8-10-18(19)24-23(26(31)35-7-2)16(3)28-27-29(24)25(30)22(36-27)15-17-12-13-20(32-4)21(14-17)33-5/h8-15,24H,6-7H2,1-5H3/b22-15-/t24-/m1/s1. The van der Waals surface area contributed by atoms with Gasteiger partial charge in [-0.15, -0.1) is 0 Å². The van der Waals surface area contributed by atoms with E-state index in [1.807, 2.05) is 37.3 Å². The van der Waals surface area contributed by atoms with Crippen LogP contribution >= 0.6 is 11.3 Å². The summed E-state index contributed by atoms with van der Waals surface area (Å²) in [5.74, 6) is 1.24. The Labute approximate surface area is 212 Å². The first-order valence-electron chi connectivity index (χ1n) is 11.6.